The van der Waals surface area contributed by atoms with Crippen LogP contribution >= 0.6 is 0 Å². The fraction of sp³-hybridized carbons (Fsp3) is 0.292. The van der Waals surface area contributed by atoms with Crippen molar-refractivity contribution in [3.05, 3.63) is 72.3 Å². The van der Waals surface area contributed by atoms with E-state index in [2.05, 4.69) is 15.3 Å². The Hall–Kier alpha value is -3.48. The van der Waals surface area contributed by atoms with Crippen molar-refractivity contribution in [3.8, 4) is 16.9 Å². The highest BCUT2D eigenvalue weighted by molar-refractivity contribution is 5.79. The quantitative estimate of drug-likeness (QED) is 0.657. The maximum absolute atomic E-state index is 13.5. The van der Waals surface area contributed by atoms with E-state index < -0.39 is 0 Å². The zero-order valence-electron chi connectivity index (χ0n) is 17.4. The number of nitrogens with zero attached hydrogens (tertiary/aromatic N) is 3. The van der Waals surface area contributed by atoms with Gasteiger partial charge in [0.15, 0.2) is 0 Å². The van der Waals surface area contributed by atoms with Crippen LogP contribution in [0.2, 0.25) is 0 Å². The van der Waals surface area contributed by atoms with Gasteiger partial charge in [-0.1, -0.05) is 24.3 Å². The first-order valence-electron chi connectivity index (χ1n) is 10.4. The lowest BCUT2D eigenvalue weighted by molar-refractivity contribution is -0.125. The smallest absolute Gasteiger partial charge is 0.225 e. The lowest BCUT2D eigenvalue weighted by Crippen LogP contribution is -2.43. The van der Waals surface area contributed by atoms with Gasteiger partial charge in [-0.15, -0.1) is 0 Å². The van der Waals surface area contributed by atoms with Crippen molar-refractivity contribution in [3.63, 3.8) is 0 Å². The van der Waals surface area contributed by atoms with Crippen LogP contribution in [0.4, 0.5) is 10.3 Å². The summed E-state index contributed by atoms with van der Waals surface area (Å²) in [6.07, 6.45) is 5.13. The third-order valence-electron chi connectivity index (χ3n) is 5.47. The van der Waals surface area contributed by atoms with E-state index >= 15 is 0 Å². The van der Waals surface area contributed by atoms with Crippen LogP contribution in [-0.4, -0.2) is 36.1 Å². The van der Waals surface area contributed by atoms with Gasteiger partial charge >= 0.3 is 0 Å². The molecule has 0 saturated carbocycles. The second kappa shape index (κ2) is 9.55. The van der Waals surface area contributed by atoms with Gasteiger partial charge in [0, 0.05) is 37.6 Å². The van der Waals surface area contributed by atoms with Gasteiger partial charge in [-0.3, -0.25) is 4.79 Å². The molecule has 7 heteroatoms. The number of ether oxygens (including phenoxy) is 1. The fourth-order valence-corrected chi connectivity index (χ4v) is 3.79. The second-order valence-corrected chi connectivity index (χ2v) is 7.64. The normalized spacial score (nSPS) is 16.1. The number of amides is 1. The minimum absolute atomic E-state index is 0.0314. The van der Waals surface area contributed by atoms with Crippen molar-refractivity contribution in [2.24, 2.45) is 5.92 Å². The lowest BCUT2D eigenvalue weighted by atomic mass is 9.97. The van der Waals surface area contributed by atoms with E-state index in [1.54, 1.807) is 25.6 Å². The number of benzene rings is 2. The first-order chi connectivity index (χ1) is 15.1. The van der Waals surface area contributed by atoms with Crippen molar-refractivity contribution in [1.82, 2.24) is 15.3 Å². The Labute approximate surface area is 181 Å². The number of anilines is 1. The SMILES string of the molecule is COc1cccc(CNC(=O)[C@@H]2CCCN(c3ncc(-c4cccc(F)c4)cn3)C2)c1. The molecule has 0 radical (unpaired) electrons. The number of rotatable bonds is 6. The standard InChI is InChI=1S/C24H25FN4O2/c1-31-22-9-2-5-17(11-22)13-26-23(30)19-7-4-10-29(16-19)24-27-14-20(15-28-24)18-6-3-8-21(25)12-18/h2-3,5-6,8-9,11-12,14-15,19H,4,7,10,13,16H2,1H3,(H,26,30)/t19-/m1/s1. The van der Waals surface area contributed by atoms with Gasteiger partial charge in [-0.2, -0.15) is 0 Å². The van der Waals surface area contributed by atoms with Crippen LogP contribution in [0, 0.1) is 11.7 Å². The van der Waals surface area contributed by atoms with E-state index in [4.69, 9.17) is 4.74 Å². The Bertz CT molecular complexity index is 1040. The maximum Gasteiger partial charge on any atom is 0.225 e. The van der Waals surface area contributed by atoms with Gasteiger partial charge in [0.05, 0.1) is 13.0 Å². The number of hydrogen-bond donors (Lipinski definition) is 1. The monoisotopic (exact) mass is 420 g/mol. The average molecular weight is 420 g/mol. The number of halogens is 1. The van der Waals surface area contributed by atoms with Gasteiger partial charge in [-0.05, 0) is 48.2 Å². The summed E-state index contributed by atoms with van der Waals surface area (Å²) < 4.78 is 18.7. The highest BCUT2D eigenvalue weighted by Gasteiger charge is 2.27. The zero-order valence-corrected chi connectivity index (χ0v) is 17.4. The molecule has 1 saturated heterocycles. The Kier molecular flexibility index (Phi) is 6.40. The molecule has 2 heterocycles. The zero-order chi connectivity index (χ0) is 21.6. The molecule has 1 aromatic heterocycles. The first kappa shape index (κ1) is 20.8. The topological polar surface area (TPSA) is 67.3 Å². The summed E-state index contributed by atoms with van der Waals surface area (Å²) in [5.41, 5.74) is 2.49. The third kappa shape index (κ3) is 5.17. The van der Waals surface area contributed by atoms with Crippen LogP contribution in [0.5, 0.6) is 5.75 Å². The van der Waals surface area contributed by atoms with Gasteiger partial charge in [0.25, 0.3) is 0 Å². The van der Waals surface area contributed by atoms with Gasteiger partial charge in [0.1, 0.15) is 11.6 Å². The number of nitrogens with one attached hydrogen (secondary N) is 1. The molecule has 1 fully saturated rings. The van der Waals surface area contributed by atoms with Crippen LogP contribution in [-0.2, 0) is 11.3 Å². The number of aromatic nitrogens is 2. The summed E-state index contributed by atoms with van der Waals surface area (Å²) in [5.74, 6) is 0.982. The van der Waals surface area contributed by atoms with E-state index in [0.29, 0.717) is 19.0 Å². The van der Waals surface area contributed by atoms with Crippen molar-refractivity contribution >= 4 is 11.9 Å². The highest BCUT2D eigenvalue weighted by atomic mass is 19.1. The summed E-state index contributed by atoms with van der Waals surface area (Å²) in [6, 6.07) is 14.0. The molecule has 0 aliphatic carbocycles. The van der Waals surface area contributed by atoms with Crippen molar-refractivity contribution in [2.75, 3.05) is 25.1 Å². The van der Waals surface area contributed by atoms with Crippen LogP contribution in [0.1, 0.15) is 18.4 Å². The Morgan fingerprint density at radius 1 is 1.16 bits per heavy atom. The largest absolute Gasteiger partial charge is 0.497 e. The fourth-order valence-electron chi connectivity index (χ4n) is 3.79. The highest BCUT2D eigenvalue weighted by Crippen LogP contribution is 2.23. The first-order valence-corrected chi connectivity index (χ1v) is 10.4. The van der Waals surface area contributed by atoms with Crippen molar-refractivity contribution < 1.29 is 13.9 Å². The van der Waals surface area contributed by atoms with E-state index in [-0.39, 0.29) is 17.6 Å². The van der Waals surface area contributed by atoms with E-state index in [9.17, 15) is 9.18 Å². The molecule has 6 nitrogen and oxygen atoms in total. The summed E-state index contributed by atoms with van der Waals surface area (Å²) in [5, 5.41) is 3.03. The lowest BCUT2D eigenvalue weighted by Gasteiger charge is -2.32. The average Bonchev–Trinajstić information content (AvgIpc) is 2.83. The van der Waals surface area contributed by atoms with Crippen LogP contribution < -0.4 is 15.0 Å². The van der Waals surface area contributed by atoms with Crippen molar-refractivity contribution in [1.29, 1.82) is 0 Å². The molecule has 3 aromatic rings. The summed E-state index contributed by atoms with van der Waals surface area (Å²) in [7, 11) is 1.63. The van der Waals surface area contributed by atoms with E-state index in [0.717, 1.165) is 41.8 Å². The summed E-state index contributed by atoms with van der Waals surface area (Å²) in [6.45, 7) is 1.84. The number of piperidine rings is 1. The Morgan fingerprint density at radius 2 is 1.97 bits per heavy atom. The van der Waals surface area contributed by atoms with Gasteiger partial charge < -0.3 is 15.0 Å². The van der Waals surface area contributed by atoms with Crippen LogP contribution in [0.15, 0.2) is 60.9 Å². The predicted octanol–water partition coefficient (Wildman–Crippen LogP) is 3.82. The van der Waals surface area contributed by atoms with Gasteiger partial charge in [0.2, 0.25) is 11.9 Å². The Morgan fingerprint density at radius 3 is 2.74 bits per heavy atom. The number of carbonyl (C=O) groups is 1. The molecule has 0 unspecified atom stereocenters. The predicted molar refractivity (Wildman–Crippen MR) is 117 cm³/mol. The molecule has 0 bridgehead atoms. The van der Waals surface area contributed by atoms with Gasteiger partial charge in [-0.25, -0.2) is 14.4 Å². The third-order valence-corrected chi connectivity index (χ3v) is 5.47. The molecule has 1 N–H and O–H groups in total. The molecule has 2 aromatic carbocycles. The Balaban J connectivity index is 1.37. The van der Waals surface area contributed by atoms with Crippen molar-refractivity contribution in [2.45, 2.75) is 19.4 Å². The van der Waals surface area contributed by atoms with Crippen LogP contribution in [0.3, 0.4) is 0 Å². The number of hydrogen-bond acceptors (Lipinski definition) is 5. The molecule has 160 valence electrons. The van der Waals surface area contributed by atoms with Crippen LogP contribution in [0.25, 0.3) is 11.1 Å². The van der Waals surface area contributed by atoms with E-state index in [1.807, 2.05) is 35.2 Å². The van der Waals surface area contributed by atoms with E-state index in [1.165, 1.54) is 12.1 Å². The summed E-state index contributed by atoms with van der Waals surface area (Å²) >= 11 is 0. The number of methoxy groups -OCH3 is 1. The molecule has 31 heavy (non-hydrogen) atoms. The molecule has 1 aliphatic rings. The molecule has 1 amide bonds. The molecule has 1 atom stereocenters. The minimum atomic E-state index is -0.291. The maximum atomic E-state index is 13.5. The summed E-state index contributed by atoms with van der Waals surface area (Å²) in [4.78, 5) is 23.7. The number of carbonyl (C=O) groups excluding carboxylic acids is 1. The second-order valence-electron chi connectivity index (χ2n) is 7.64. The molecule has 4 rings (SSSR count). The molecular formula is C24H25FN4O2. The minimum Gasteiger partial charge on any atom is -0.497 e. The molecular weight excluding hydrogens is 395 g/mol. The molecule has 0 spiro atoms. The molecule has 1 aliphatic heterocycles.